The second kappa shape index (κ2) is 12.3. The first-order valence-corrected chi connectivity index (χ1v) is 15.1. The molecule has 2 aromatic carbocycles. The number of rotatable bonds is 8. The van der Waals surface area contributed by atoms with E-state index in [0.717, 1.165) is 35.9 Å². The van der Waals surface area contributed by atoms with Crippen molar-refractivity contribution in [2.24, 2.45) is 0 Å². The Bertz CT molecular complexity index is 1580. The van der Waals surface area contributed by atoms with Gasteiger partial charge in [0.25, 0.3) is 5.91 Å². The zero-order chi connectivity index (χ0) is 27.3. The molecular weight excluding hydrogens is 562 g/mol. The molecule has 1 aliphatic heterocycles. The number of benzene rings is 2. The summed E-state index contributed by atoms with van der Waals surface area (Å²) in [5, 5.41) is 13.0. The molecule has 0 spiro atoms. The van der Waals surface area contributed by atoms with Crippen LogP contribution in [-0.4, -0.2) is 66.6 Å². The summed E-state index contributed by atoms with van der Waals surface area (Å²) in [6.07, 6.45) is 3.49. The Kier molecular flexibility index (Phi) is 8.19. The van der Waals surface area contributed by atoms with Crippen molar-refractivity contribution in [3.63, 3.8) is 0 Å². The molecule has 5 aromatic rings. The highest BCUT2D eigenvalue weighted by Gasteiger charge is 2.24. The van der Waals surface area contributed by atoms with Crippen LogP contribution in [0.25, 0.3) is 17.1 Å². The van der Waals surface area contributed by atoms with Crippen molar-refractivity contribution in [2.75, 3.05) is 26.2 Å². The van der Waals surface area contributed by atoms with Gasteiger partial charge >= 0.3 is 0 Å². The van der Waals surface area contributed by atoms with Crippen LogP contribution in [0.5, 0.6) is 0 Å². The average molecular weight is 588 g/mol. The Morgan fingerprint density at radius 1 is 0.975 bits per heavy atom. The van der Waals surface area contributed by atoms with Gasteiger partial charge in [0.1, 0.15) is 10.7 Å². The molecule has 3 aromatic heterocycles. The lowest BCUT2D eigenvalue weighted by Gasteiger charge is -2.34. The molecule has 1 aliphatic rings. The van der Waals surface area contributed by atoms with Gasteiger partial charge in [0.05, 0.1) is 11.4 Å². The van der Waals surface area contributed by atoms with E-state index in [-0.39, 0.29) is 5.91 Å². The standard InChI is InChI=1S/C29H26ClN7OS2/c30-23-9-4-10-24(16-23)37-27(22-8-5-11-31-17-22)33-34-29(37)40-20-26-32-25(19-39-26)28(38)36-14-12-35(13-15-36)18-21-6-2-1-3-7-21/h1-11,16-17,19H,12-15,18,20H2. The molecule has 0 N–H and O–H groups in total. The van der Waals surface area contributed by atoms with Crippen LogP contribution in [0.4, 0.5) is 0 Å². The Hall–Kier alpha value is -3.57. The summed E-state index contributed by atoms with van der Waals surface area (Å²) in [4.78, 5) is 26.4. The zero-order valence-corrected chi connectivity index (χ0v) is 23.9. The molecule has 0 radical (unpaired) electrons. The molecule has 11 heteroatoms. The highest BCUT2D eigenvalue weighted by atomic mass is 35.5. The topological polar surface area (TPSA) is 80.0 Å². The number of halogens is 1. The number of aromatic nitrogens is 5. The van der Waals surface area contributed by atoms with Crippen molar-refractivity contribution >= 4 is 40.6 Å². The summed E-state index contributed by atoms with van der Waals surface area (Å²) in [5.41, 5.74) is 3.51. The van der Waals surface area contributed by atoms with Crippen molar-refractivity contribution in [1.82, 2.24) is 34.5 Å². The molecule has 8 nitrogen and oxygen atoms in total. The van der Waals surface area contributed by atoms with E-state index >= 15 is 0 Å². The van der Waals surface area contributed by atoms with Crippen LogP contribution in [-0.2, 0) is 12.3 Å². The van der Waals surface area contributed by atoms with Crippen molar-refractivity contribution in [3.8, 4) is 17.1 Å². The number of thiazole rings is 1. The van der Waals surface area contributed by atoms with Gasteiger partial charge in [-0.3, -0.25) is 19.2 Å². The number of thioether (sulfide) groups is 1. The van der Waals surface area contributed by atoms with Gasteiger partial charge in [-0.25, -0.2) is 4.98 Å². The fraction of sp³-hybridized carbons (Fsp3) is 0.207. The summed E-state index contributed by atoms with van der Waals surface area (Å²) in [7, 11) is 0. The third-order valence-corrected chi connectivity index (χ3v) is 8.83. The van der Waals surface area contributed by atoms with Gasteiger partial charge in [-0.2, -0.15) is 0 Å². The molecule has 1 amide bonds. The lowest BCUT2D eigenvalue weighted by molar-refractivity contribution is 0.0623. The third-order valence-electron chi connectivity index (χ3n) is 6.62. The molecule has 40 heavy (non-hydrogen) atoms. The van der Waals surface area contributed by atoms with E-state index in [2.05, 4.69) is 49.3 Å². The lowest BCUT2D eigenvalue weighted by atomic mass is 10.2. The van der Waals surface area contributed by atoms with Crippen molar-refractivity contribution in [3.05, 3.63) is 106 Å². The molecule has 0 unspecified atom stereocenters. The number of hydrogen-bond acceptors (Lipinski definition) is 8. The Morgan fingerprint density at radius 2 is 1.82 bits per heavy atom. The van der Waals surface area contributed by atoms with Crippen molar-refractivity contribution in [2.45, 2.75) is 17.5 Å². The van der Waals surface area contributed by atoms with E-state index in [9.17, 15) is 4.79 Å². The van der Waals surface area contributed by atoms with E-state index in [4.69, 9.17) is 11.6 Å². The first-order chi connectivity index (χ1) is 19.6. The maximum absolute atomic E-state index is 13.2. The Balaban J connectivity index is 1.12. The molecular formula is C29H26ClN7OS2. The van der Waals surface area contributed by atoms with Crippen LogP contribution in [0.1, 0.15) is 21.1 Å². The Morgan fingerprint density at radius 3 is 2.60 bits per heavy atom. The maximum Gasteiger partial charge on any atom is 0.273 e. The van der Waals surface area contributed by atoms with Crippen LogP contribution in [0.2, 0.25) is 5.02 Å². The van der Waals surface area contributed by atoms with E-state index in [1.54, 1.807) is 12.4 Å². The predicted octanol–water partition coefficient (Wildman–Crippen LogP) is 5.69. The lowest BCUT2D eigenvalue weighted by Crippen LogP contribution is -2.48. The summed E-state index contributed by atoms with van der Waals surface area (Å²) < 4.78 is 1.97. The number of piperazine rings is 1. The highest BCUT2D eigenvalue weighted by molar-refractivity contribution is 7.98. The van der Waals surface area contributed by atoms with Crippen LogP contribution in [0.15, 0.2) is 89.7 Å². The molecule has 202 valence electrons. The van der Waals surface area contributed by atoms with Crippen LogP contribution in [0.3, 0.4) is 0 Å². The quantitative estimate of drug-likeness (QED) is 0.216. The van der Waals surface area contributed by atoms with Gasteiger partial charge in [-0.15, -0.1) is 21.5 Å². The Labute approximate surface area is 245 Å². The second-order valence-corrected chi connectivity index (χ2v) is 11.7. The van der Waals surface area contributed by atoms with Gasteiger partial charge in [0, 0.05) is 61.1 Å². The van der Waals surface area contributed by atoms with Crippen molar-refractivity contribution < 1.29 is 4.79 Å². The van der Waals surface area contributed by atoms with Gasteiger partial charge in [0.15, 0.2) is 11.0 Å². The fourth-order valence-electron chi connectivity index (χ4n) is 4.61. The summed E-state index contributed by atoms with van der Waals surface area (Å²) in [5.74, 6) is 1.24. The van der Waals surface area contributed by atoms with E-state index in [1.807, 2.05) is 57.3 Å². The van der Waals surface area contributed by atoms with Gasteiger partial charge in [-0.05, 0) is 35.9 Å². The number of carbonyl (C=O) groups excluding carboxylic acids is 1. The molecule has 1 fully saturated rings. The van der Waals surface area contributed by atoms with Gasteiger partial charge in [-0.1, -0.05) is 59.8 Å². The van der Waals surface area contributed by atoms with Gasteiger partial charge < -0.3 is 4.90 Å². The number of pyridine rings is 1. The minimum atomic E-state index is -0.00665. The molecule has 6 rings (SSSR count). The first-order valence-electron chi connectivity index (χ1n) is 12.9. The monoisotopic (exact) mass is 587 g/mol. The molecule has 0 bridgehead atoms. The first kappa shape index (κ1) is 26.6. The summed E-state index contributed by atoms with van der Waals surface area (Å²) >= 11 is 9.32. The number of nitrogens with zero attached hydrogens (tertiary/aromatic N) is 7. The third kappa shape index (κ3) is 6.10. The average Bonchev–Trinajstić information content (AvgIpc) is 3.65. The number of amides is 1. The van der Waals surface area contributed by atoms with E-state index in [0.29, 0.717) is 40.5 Å². The molecule has 0 saturated carbocycles. The van der Waals surface area contributed by atoms with Crippen LogP contribution in [0, 0.1) is 0 Å². The largest absolute Gasteiger partial charge is 0.335 e. The summed E-state index contributed by atoms with van der Waals surface area (Å²) in [6, 6.07) is 21.9. The maximum atomic E-state index is 13.2. The van der Waals surface area contributed by atoms with Crippen LogP contribution >= 0.6 is 34.7 Å². The molecule has 0 aliphatic carbocycles. The normalized spacial score (nSPS) is 14.0. The van der Waals surface area contributed by atoms with Gasteiger partial charge in [0.2, 0.25) is 0 Å². The number of carbonyl (C=O) groups is 1. The van der Waals surface area contributed by atoms with E-state index in [1.165, 1.54) is 28.7 Å². The van der Waals surface area contributed by atoms with Crippen LogP contribution < -0.4 is 0 Å². The molecule has 4 heterocycles. The number of hydrogen-bond donors (Lipinski definition) is 0. The highest BCUT2D eigenvalue weighted by Crippen LogP contribution is 2.31. The zero-order valence-electron chi connectivity index (χ0n) is 21.6. The molecule has 1 saturated heterocycles. The van der Waals surface area contributed by atoms with Crippen molar-refractivity contribution in [1.29, 1.82) is 0 Å². The smallest absolute Gasteiger partial charge is 0.273 e. The van der Waals surface area contributed by atoms with E-state index < -0.39 is 0 Å². The SMILES string of the molecule is O=C(c1csc(CSc2nnc(-c3cccnc3)n2-c2cccc(Cl)c2)n1)N1CCN(Cc2ccccc2)CC1. The fourth-order valence-corrected chi connectivity index (χ4v) is 6.53. The summed E-state index contributed by atoms with van der Waals surface area (Å²) in [6.45, 7) is 4.02. The molecule has 0 atom stereocenters. The second-order valence-electron chi connectivity index (χ2n) is 9.33. The predicted molar refractivity (Wildman–Crippen MR) is 159 cm³/mol. The minimum Gasteiger partial charge on any atom is -0.335 e. The minimum absolute atomic E-state index is 0.00665.